The second kappa shape index (κ2) is 13.8. The van der Waals surface area contributed by atoms with Gasteiger partial charge in [-0.2, -0.15) is 0 Å². The Morgan fingerprint density at radius 1 is 0.826 bits per heavy atom. The second-order valence-electron chi connectivity index (χ2n) is 13.6. The molecule has 0 spiro atoms. The Balaban J connectivity index is 1.02. The van der Waals surface area contributed by atoms with Crippen LogP contribution in [0.15, 0.2) is 60.9 Å². The maximum atomic E-state index is 14.2. The number of aromatic nitrogens is 1. The SMILES string of the molecule is O=C(CC(Cc1cccc2ccccc12)C(=O)N1CCC(N2CCCCC2)CC1)N1CCC(N2Cc3ccncc3NC2=O)CC1. The summed E-state index contributed by atoms with van der Waals surface area (Å²) in [7, 11) is 0. The molecule has 2 aromatic carbocycles. The van der Waals surface area contributed by atoms with E-state index < -0.39 is 5.92 Å². The van der Waals surface area contributed by atoms with Gasteiger partial charge in [-0.3, -0.25) is 14.6 Å². The number of piperidine rings is 3. The quantitative estimate of drug-likeness (QED) is 0.387. The molecule has 46 heavy (non-hydrogen) atoms. The van der Waals surface area contributed by atoms with E-state index >= 15 is 0 Å². The molecule has 1 unspecified atom stereocenters. The van der Waals surface area contributed by atoms with Crippen LogP contribution in [0, 0.1) is 5.92 Å². The molecule has 9 nitrogen and oxygen atoms in total. The van der Waals surface area contributed by atoms with Crippen molar-refractivity contribution >= 4 is 34.3 Å². The van der Waals surface area contributed by atoms with Gasteiger partial charge < -0.3 is 24.9 Å². The standard InChI is InChI=1S/C37H46N6O3/c44-35(41-19-14-32(15-20-41)43-26-29-11-16-38-25-34(29)39-37(43)46)24-30(23-28-9-6-8-27-7-2-3-10-33(27)28)36(45)42-21-12-31(13-22-42)40-17-4-1-5-18-40/h2-3,6-11,16,25,30-32H,1,4-5,12-15,17-24,26H2,(H,39,46). The minimum absolute atomic E-state index is 0.0414. The summed E-state index contributed by atoms with van der Waals surface area (Å²) >= 11 is 0. The average Bonchev–Trinajstić information content (AvgIpc) is 3.11. The molecular weight excluding hydrogens is 576 g/mol. The van der Waals surface area contributed by atoms with Gasteiger partial charge in [-0.25, -0.2) is 4.79 Å². The molecular formula is C37H46N6O3. The van der Waals surface area contributed by atoms with Crippen LogP contribution in [-0.4, -0.2) is 93.8 Å². The molecule has 0 aliphatic carbocycles. The third kappa shape index (κ3) is 6.61. The molecule has 3 saturated heterocycles. The number of urea groups is 1. The van der Waals surface area contributed by atoms with Crippen LogP contribution < -0.4 is 5.32 Å². The summed E-state index contributed by atoms with van der Waals surface area (Å²) in [5, 5.41) is 5.27. The fourth-order valence-corrected chi connectivity index (χ4v) is 8.15. The first-order valence-corrected chi connectivity index (χ1v) is 17.3. The number of amides is 4. The van der Waals surface area contributed by atoms with Crippen LogP contribution in [0.3, 0.4) is 0 Å². The van der Waals surface area contributed by atoms with Gasteiger partial charge in [0.05, 0.1) is 17.8 Å². The van der Waals surface area contributed by atoms with E-state index in [4.69, 9.17) is 0 Å². The molecule has 1 N–H and O–H groups in total. The molecule has 1 atom stereocenters. The average molecular weight is 623 g/mol. The van der Waals surface area contributed by atoms with Gasteiger partial charge in [0.15, 0.2) is 0 Å². The third-order valence-corrected chi connectivity index (χ3v) is 10.8. The summed E-state index contributed by atoms with van der Waals surface area (Å²) in [5.41, 5.74) is 2.95. The molecule has 0 radical (unpaired) electrons. The molecule has 0 bridgehead atoms. The maximum Gasteiger partial charge on any atom is 0.322 e. The molecule has 3 fully saturated rings. The largest absolute Gasteiger partial charge is 0.343 e. The highest BCUT2D eigenvalue weighted by Crippen LogP contribution is 2.30. The molecule has 242 valence electrons. The van der Waals surface area contributed by atoms with Crippen molar-refractivity contribution in [3.05, 3.63) is 72.1 Å². The number of carbonyl (C=O) groups excluding carboxylic acids is 3. The highest BCUT2D eigenvalue weighted by Gasteiger charge is 2.36. The summed E-state index contributed by atoms with van der Waals surface area (Å²) in [4.78, 5) is 53.6. The van der Waals surface area contributed by atoms with Crippen LogP contribution in [0.2, 0.25) is 0 Å². The van der Waals surface area contributed by atoms with Crippen LogP contribution in [0.1, 0.15) is 62.5 Å². The fraction of sp³-hybridized carbons (Fsp3) is 0.514. The maximum absolute atomic E-state index is 14.2. The Bertz CT molecular complexity index is 1550. The Hall–Kier alpha value is -3.98. The Morgan fingerprint density at radius 2 is 1.54 bits per heavy atom. The van der Waals surface area contributed by atoms with Crippen molar-refractivity contribution in [3.8, 4) is 0 Å². The van der Waals surface area contributed by atoms with Crippen molar-refractivity contribution < 1.29 is 14.4 Å². The lowest BCUT2D eigenvalue weighted by molar-refractivity contribution is -0.143. The zero-order chi connectivity index (χ0) is 31.5. The number of benzene rings is 2. The zero-order valence-corrected chi connectivity index (χ0v) is 26.8. The van der Waals surface area contributed by atoms with Crippen molar-refractivity contribution in [2.45, 2.75) is 76.4 Å². The van der Waals surface area contributed by atoms with E-state index in [-0.39, 0.29) is 30.3 Å². The van der Waals surface area contributed by atoms with Gasteiger partial charge in [0.25, 0.3) is 0 Å². The van der Waals surface area contributed by atoms with Gasteiger partial charge in [0, 0.05) is 57.4 Å². The summed E-state index contributed by atoms with van der Waals surface area (Å²) < 4.78 is 0. The van der Waals surface area contributed by atoms with E-state index in [0.717, 1.165) is 66.4 Å². The van der Waals surface area contributed by atoms with E-state index in [1.54, 1.807) is 12.4 Å². The van der Waals surface area contributed by atoms with Gasteiger partial charge >= 0.3 is 6.03 Å². The van der Waals surface area contributed by atoms with Crippen LogP contribution in [-0.2, 0) is 22.6 Å². The normalized spacial score (nSPS) is 20.8. The lowest BCUT2D eigenvalue weighted by atomic mass is 9.90. The van der Waals surface area contributed by atoms with Gasteiger partial charge in [0.1, 0.15) is 0 Å². The minimum Gasteiger partial charge on any atom is -0.343 e. The van der Waals surface area contributed by atoms with Crippen molar-refractivity contribution in [1.82, 2.24) is 24.6 Å². The first-order valence-electron chi connectivity index (χ1n) is 17.3. The van der Waals surface area contributed by atoms with Gasteiger partial charge in [-0.05, 0) is 86.0 Å². The third-order valence-electron chi connectivity index (χ3n) is 10.8. The van der Waals surface area contributed by atoms with E-state index in [2.05, 4.69) is 45.5 Å². The number of likely N-dealkylation sites (tertiary alicyclic amines) is 3. The second-order valence-corrected chi connectivity index (χ2v) is 13.6. The number of nitrogens with zero attached hydrogens (tertiary/aromatic N) is 5. The smallest absolute Gasteiger partial charge is 0.322 e. The van der Waals surface area contributed by atoms with Crippen molar-refractivity contribution in [1.29, 1.82) is 0 Å². The van der Waals surface area contributed by atoms with E-state index in [1.807, 2.05) is 32.9 Å². The molecule has 5 heterocycles. The van der Waals surface area contributed by atoms with E-state index in [9.17, 15) is 14.4 Å². The topological polar surface area (TPSA) is 89.1 Å². The van der Waals surface area contributed by atoms with E-state index in [1.165, 1.54) is 32.4 Å². The first kappa shape index (κ1) is 30.7. The Morgan fingerprint density at radius 3 is 2.35 bits per heavy atom. The molecule has 4 aliphatic rings. The number of rotatable bonds is 7. The van der Waals surface area contributed by atoms with Gasteiger partial charge in [0.2, 0.25) is 11.8 Å². The van der Waals surface area contributed by atoms with Crippen LogP contribution >= 0.6 is 0 Å². The predicted molar refractivity (Wildman–Crippen MR) is 179 cm³/mol. The fourth-order valence-electron chi connectivity index (χ4n) is 8.15. The highest BCUT2D eigenvalue weighted by atomic mass is 16.2. The molecule has 3 aromatic rings. The number of pyridine rings is 1. The summed E-state index contributed by atoms with van der Waals surface area (Å²) in [6, 6.07) is 17.1. The van der Waals surface area contributed by atoms with Crippen molar-refractivity contribution in [2.75, 3.05) is 44.6 Å². The number of carbonyl (C=O) groups is 3. The molecule has 9 heteroatoms. The van der Waals surface area contributed by atoms with E-state index in [0.29, 0.717) is 32.1 Å². The Kier molecular flexibility index (Phi) is 9.19. The number of hydrogen-bond acceptors (Lipinski definition) is 5. The first-order chi connectivity index (χ1) is 22.5. The van der Waals surface area contributed by atoms with Crippen molar-refractivity contribution in [3.63, 3.8) is 0 Å². The van der Waals surface area contributed by atoms with Crippen LogP contribution in [0.25, 0.3) is 10.8 Å². The number of anilines is 1. The Labute approximate surface area is 271 Å². The number of nitrogens with one attached hydrogen (secondary N) is 1. The lowest BCUT2D eigenvalue weighted by Gasteiger charge is -2.41. The highest BCUT2D eigenvalue weighted by molar-refractivity contribution is 5.92. The predicted octanol–water partition coefficient (Wildman–Crippen LogP) is 5.30. The molecule has 4 amide bonds. The molecule has 1 aromatic heterocycles. The van der Waals surface area contributed by atoms with Crippen LogP contribution in [0.4, 0.5) is 10.5 Å². The van der Waals surface area contributed by atoms with Gasteiger partial charge in [-0.15, -0.1) is 0 Å². The minimum atomic E-state index is -0.402. The number of fused-ring (bicyclic) bond motifs is 2. The van der Waals surface area contributed by atoms with Crippen molar-refractivity contribution in [2.24, 2.45) is 5.92 Å². The molecule has 7 rings (SSSR count). The molecule has 0 saturated carbocycles. The zero-order valence-electron chi connectivity index (χ0n) is 26.8. The summed E-state index contributed by atoms with van der Waals surface area (Å²) in [5.74, 6) is -0.244. The monoisotopic (exact) mass is 622 g/mol. The summed E-state index contributed by atoms with van der Waals surface area (Å²) in [6.07, 6.45) is 11.6. The molecule has 4 aliphatic heterocycles. The van der Waals surface area contributed by atoms with Crippen LogP contribution in [0.5, 0.6) is 0 Å². The number of hydrogen-bond donors (Lipinski definition) is 1. The van der Waals surface area contributed by atoms with Gasteiger partial charge in [-0.1, -0.05) is 48.9 Å². The summed E-state index contributed by atoms with van der Waals surface area (Å²) in [6.45, 7) is 5.63. The lowest BCUT2D eigenvalue weighted by Crippen LogP contribution is -2.52.